The van der Waals surface area contributed by atoms with Crippen LogP contribution in [-0.4, -0.2) is 61.7 Å². The fourth-order valence-corrected chi connectivity index (χ4v) is 3.37. The Hall–Kier alpha value is -0.120. The van der Waals surface area contributed by atoms with Crippen LogP contribution in [0.25, 0.3) is 0 Å². The number of rotatable bonds is 7. The zero-order valence-electron chi connectivity index (χ0n) is 12.3. The summed E-state index contributed by atoms with van der Waals surface area (Å²) in [4.78, 5) is 5.35. The van der Waals surface area contributed by atoms with Crippen LogP contribution in [0.4, 0.5) is 0 Å². The van der Waals surface area contributed by atoms with Crippen molar-refractivity contribution >= 4 is 0 Å². The van der Waals surface area contributed by atoms with Gasteiger partial charge in [-0.1, -0.05) is 6.92 Å². The molecular formula is C15H31N3. The number of nitrogens with zero attached hydrogens (tertiary/aromatic N) is 2. The molecule has 2 heterocycles. The van der Waals surface area contributed by atoms with Crippen LogP contribution >= 0.6 is 0 Å². The summed E-state index contributed by atoms with van der Waals surface area (Å²) in [5.41, 5.74) is 0. The first-order valence-corrected chi connectivity index (χ1v) is 7.96. The predicted molar refractivity (Wildman–Crippen MR) is 78.0 cm³/mol. The molecule has 0 aromatic rings. The maximum atomic E-state index is 3.57. The van der Waals surface area contributed by atoms with Gasteiger partial charge >= 0.3 is 0 Å². The molecule has 1 N–H and O–H groups in total. The second kappa shape index (κ2) is 7.46. The highest BCUT2D eigenvalue weighted by Gasteiger charge is 2.27. The largest absolute Gasteiger partial charge is 0.316 e. The summed E-state index contributed by atoms with van der Waals surface area (Å²) in [6, 6.07) is 0.749. The predicted octanol–water partition coefficient (Wildman–Crippen LogP) is 1.79. The van der Waals surface area contributed by atoms with Gasteiger partial charge in [-0.2, -0.15) is 0 Å². The van der Waals surface area contributed by atoms with Crippen molar-refractivity contribution in [3.05, 3.63) is 0 Å². The highest BCUT2D eigenvalue weighted by atomic mass is 15.2. The molecule has 0 bridgehead atoms. The second-order valence-electron chi connectivity index (χ2n) is 6.21. The highest BCUT2D eigenvalue weighted by Crippen LogP contribution is 2.19. The highest BCUT2D eigenvalue weighted by molar-refractivity contribution is 4.83. The molecule has 2 aliphatic heterocycles. The van der Waals surface area contributed by atoms with Crippen LogP contribution in [0.1, 0.15) is 39.5 Å². The topological polar surface area (TPSA) is 18.5 Å². The van der Waals surface area contributed by atoms with Crippen LogP contribution in [0.2, 0.25) is 0 Å². The molecule has 0 aromatic heterocycles. The summed E-state index contributed by atoms with van der Waals surface area (Å²) >= 11 is 0. The van der Waals surface area contributed by atoms with Gasteiger partial charge in [0.25, 0.3) is 0 Å². The summed E-state index contributed by atoms with van der Waals surface area (Å²) in [5, 5.41) is 3.57. The quantitative estimate of drug-likeness (QED) is 0.698. The lowest BCUT2D eigenvalue weighted by Crippen LogP contribution is -2.40. The van der Waals surface area contributed by atoms with Crippen molar-refractivity contribution in [2.24, 2.45) is 5.92 Å². The van der Waals surface area contributed by atoms with Crippen molar-refractivity contribution in [2.45, 2.75) is 45.6 Å². The normalized spacial score (nSPS) is 28.0. The maximum Gasteiger partial charge on any atom is 0.0195 e. The lowest BCUT2D eigenvalue weighted by atomic mass is 10.1. The summed E-state index contributed by atoms with van der Waals surface area (Å²) in [7, 11) is 0. The van der Waals surface area contributed by atoms with Crippen molar-refractivity contribution in [1.82, 2.24) is 15.1 Å². The van der Waals surface area contributed by atoms with Gasteiger partial charge in [0.05, 0.1) is 0 Å². The van der Waals surface area contributed by atoms with E-state index >= 15 is 0 Å². The van der Waals surface area contributed by atoms with E-state index in [-0.39, 0.29) is 0 Å². The Bertz CT molecular complexity index is 226. The molecule has 0 aliphatic carbocycles. The van der Waals surface area contributed by atoms with Gasteiger partial charge in [0, 0.05) is 19.1 Å². The standard InChI is InChI=1S/C15H31N3/c1-3-7-16-11-15-6-10-18(13-15)14(2)12-17-8-4-5-9-17/h14-16H,3-13H2,1-2H3. The number of nitrogens with one attached hydrogen (secondary N) is 1. The average Bonchev–Trinajstić information content (AvgIpc) is 3.00. The first kappa shape index (κ1) is 14.3. The van der Waals surface area contributed by atoms with Crippen LogP contribution < -0.4 is 5.32 Å². The molecule has 2 rings (SSSR count). The van der Waals surface area contributed by atoms with E-state index in [0.29, 0.717) is 0 Å². The fraction of sp³-hybridized carbons (Fsp3) is 1.00. The molecule has 18 heavy (non-hydrogen) atoms. The van der Waals surface area contributed by atoms with Gasteiger partial charge < -0.3 is 10.2 Å². The SMILES string of the molecule is CCCNCC1CCN(C(C)CN2CCCC2)C1. The molecule has 0 aromatic carbocycles. The minimum Gasteiger partial charge on any atom is -0.316 e. The van der Waals surface area contributed by atoms with Crippen molar-refractivity contribution in [1.29, 1.82) is 0 Å². The number of hydrogen-bond acceptors (Lipinski definition) is 3. The van der Waals surface area contributed by atoms with E-state index < -0.39 is 0 Å². The smallest absolute Gasteiger partial charge is 0.0195 e. The third-order valence-corrected chi connectivity index (χ3v) is 4.52. The number of likely N-dealkylation sites (tertiary alicyclic amines) is 2. The summed E-state index contributed by atoms with van der Waals surface area (Å²) < 4.78 is 0. The van der Waals surface area contributed by atoms with E-state index in [1.165, 1.54) is 71.5 Å². The van der Waals surface area contributed by atoms with E-state index in [1.54, 1.807) is 0 Å². The Morgan fingerprint density at radius 1 is 1.22 bits per heavy atom. The zero-order valence-corrected chi connectivity index (χ0v) is 12.3. The summed E-state index contributed by atoms with van der Waals surface area (Å²) in [6.45, 7) is 13.6. The van der Waals surface area contributed by atoms with Gasteiger partial charge in [0.15, 0.2) is 0 Å². The van der Waals surface area contributed by atoms with E-state index in [0.717, 1.165) is 12.0 Å². The fourth-order valence-electron chi connectivity index (χ4n) is 3.37. The monoisotopic (exact) mass is 253 g/mol. The van der Waals surface area contributed by atoms with Crippen molar-refractivity contribution in [2.75, 3.05) is 45.8 Å². The molecule has 2 fully saturated rings. The molecule has 2 aliphatic rings. The van der Waals surface area contributed by atoms with Crippen molar-refractivity contribution < 1.29 is 0 Å². The molecule has 2 saturated heterocycles. The van der Waals surface area contributed by atoms with Crippen LogP contribution in [0, 0.1) is 5.92 Å². The van der Waals surface area contributed by atoms with Crippen molar-refractivity contribution in [3.8, 4) is 0 Å². The minimum atomic E-state index is 0.749. The van der Waals surface area contributed by atoms with Crippen LogP contribution in [0.5, 0.6) is 0 Å². The van der Waals surface area contributed by atoms with Gasteiger partial charge in [-0.25, -0.2) is 0 Å². The van der Waals surface area contributed by atoms with Crippen LogP contribution in [-0.2, 0) is 0 Å². The molecule has 0 amide bonds. The third-order valence-electron chi connectivity index (χ3n) is 4.52. The molecule has 0 saturated carbocycles. The van der Waals surface area contributed by atoms with Gasteiger partial charge in [-0.15, -0.1) is 0 Å². The molecule has 0 spiro atoms. The van der Waals surface area contributed by atoms with Crippen LogP contribution in [0.3, 0.4) is 0 Å². The van der Waals surface area contributed by atoms with Gasteiger partial charge in [0.2, 0.25) is 0 Å². The van der Waals surface area contributed by atoms with E-state index in [4.69, 9.17) is 0 Å². The van der Waals surface area contributed by atoms with E-state index in [2.05, 4.69) is 29.0 Å². The molecule has 106 valence electrons. The summed E-state index contributed by atoms with van der Waals surface area (Å²) in [5.74, 6) is 0.887. The minimum absolute atomic E-state index is 0.749. The third kappa shape index (κ3) is 4.22. The first-order chi connectivity index (χ1) is 8.79. The number of hydrogen-bond donors (Lipinski definition) is 1. The Labute approximate surface area is 113 Å². The Morgan fingerprint density at radius 3 is 2.72 bits per heavy atom. The van der Waals surface area contributed by atoms with Gasteiger partial charge in [-0.3, -0.25) is 4.90 Å². The van der Waals surface area contributed by atoms with Gasteiger partial charge in [-0.05, 0) is 71.2 Å². The maximum absolute atomic E-state index is 3.57. The Morgan fingerprint density at radius 2 is 2.00 bits per heavy atom. The van der Waals surface area contributed by atoms with Gasteiger partial charge in [0.1, 0.15) is 0 Å². The Kier molecular flexibility index (Phi) is 5.93. The first-order valence-electron chi connectivity index (χ1n) is 7.96. The molecule has 2 unspecified atom stereocenters. The zero-order chi connectivity index (χ0) is 12.8. The molecule has 2 atom stereocenters. The molecule has 3 nitrogen and oxygen atoms in total. The second-order valence-corrected chi connectivity index (χ2v) is 6.21. The van der Waals surface area contributed by atoms with Crippen molar-refractivity contribution in [3.63, 3.8) is 0 Å². The molecule has 0 radical (unpaired) electrons. The summed E-state index contributed by atoms with van der Waals surface area (Å²) in [6.07, 6.45) is 5.47. The van der Waals surface area contributed by atoms with Crippen LogP contribution in [0.15, 0.2) is 0 Å². The average molecular weight is 253 g/mol. The Balaban J connectivity index is 1.64. The molecular weight excluding hydrogens is 222 g/mol. The van der Waals surface area contributed by atoms with E-state index in [9.17, 15) is 0 Å². The molecule has 3 heteroatoms. The lowest BCUT2D eigenvalue weighted by Gasteiger charge is -2.28. The lowest BCUT2D eigenvalue weighted by molar-refractivity contribution is 0.186. The van der Waals surface area contributed by atoms with E-state index in [1.807, 2.05) is 0 Å².